The summed E-state index contributed by atoms with van der Waals surface area (Å²) in [6.07, 6.45) is 5.43. The third kappa shape index (κ3) is 8.76. The second kappa shape index (κ2) is 11.6. The van der Waals surface area contributed by atoms with E-state index < -0.39 is 0 Å². The lowest BCUT2D eigenvalue weighted by Crippen LogP contribution is -2.26. The number of Topliss-reactive ketones (excluding diaryl/α,β-unsaturated/α-hetero) is 2. The molecule has 0 aromatic carbocycles. The highest BCUT2D eigenvalue weighted by Gasteiger charge is 2.13. The van der Waals surface area contributed by atoms with Gasteiger partial charge in [-0.15, -0.1) is 0 Å². The first kappa shape index (κ1) is 21.1. The Labute approximate surface area is 153 Å². The Kier molecular flexibility index (Phi) is 10.1. The summed E-state index contributed by atoms with van der Waals surface area (Å²) in [5.41, 5.74) is 1.53. The van der Waals surface area contributed by atoms with Crippen molar-refractivity contribution in [1.82, 2.24) is 4.90 Å². The van der Waals surface area contributed by atoms with Crippen LogP contribution in [0.15, 0.2) is 36.1 Å². The van der Waals surface area contributed by atoms with Gasteiger partial charge in [-0.25, -0.2) is 0 Å². The molecule has 0 saturated carbocycles. The number of allylic oxidation sites excluding steroid dienone is 3. The molecule has 0 spiro atoms. The van der Waals surface area contributed by atoms with E-state index in [1.807, 2.05) is 41.7 Å². The van der Waals surface area contributed by atoms with Crippen LogP contribution in [0, 0.1) is 0 Å². The van der Waals surface area contributed by atoms with Crippen molar-refractivity contribution in [3.63, 3.8) is 0 Å². The van der Waals surface area contributed by atoms with Crippen molar-refractivity contribution in [2.24, 2.45) is 0 Å². The van der Waals surface area contributed by atoms with Crippen LogP contribution in [0.2, 0.25) is 0 Å². The molecule has 1 heterocycles. The summed E-state index contributed by atoms with van der Waals surface area (Å²) in [6.45, 7) is 8.27. The van der Waals surface area contributed by atoms with Gasteiger partial charge in [-0.05, 0) is 32.2 Å². The maximum Gasteiger partial charge on any atom is 0.163 e. The molecule has 0 N–H and O–H groups in total. The highest BCUT2D eigenvalue weighted by molar-refractivity contribution is 8.01. The SMILES string of the molecule is C=C1CSCC(OCCN(C)/C=C/C=C(C(C)=O)C(C)=O)CSC1. The van der Waals surface area contributed by atoms with Crippen LogP contribution in [0.4, 0.5) is 0 Å². The third-order valence-electron chi connectivity index (χ3n) is 3.38. The van der Waals surface area contributed by atoms with Crippen molar-refractivity contribution >= 4 is 35.1 Å². The standard InChI is InChI=1S/C18H27NO3S2/c1-14-10-23-12-17(13-24-11-14)22-9-8-19(4)7-5-6-18(15(2)20)16(3)21/h5-7,17H,1,8-13H2,2-4H3/b7-5+. The molecular formula is C18H27NO3S2. The van der Waals surface area contributed by atoms with Gasteiger partial charge in [0.2, 0.25) is 0 Å². The largest absolute Gasteiger partial charge is 0.378 e. The summed E-state index contributed by atoms with van der Waals surface area (Å²) < 4.78 is 5.96. The van der Waals surface area contributed by atoms with E-state index in [4.69, 9.17) is 4.74 Å². The van der Waals surface area contributed by atoms with Crippen LogP contribution in [0.25, 0.3) is 0 Å². The van der Waals surface area contributed by atoms with Crippen molar-refractivity contribution in [1.29, 1.82) is 0 Å². The zero-order chi connectivity index (χ0) is 17.9. The van der Waals surface area contributed by atoms with E-state index in [1.54, 1.807) is 12.2 Å². The van der Waals surface area contributed by atoms with Gasteiger partial charge < -0.3 is 9.64 Å². The third-order valence-corrected chi connectivity index (χ3v) is 5.82. The number of carbonyl (C=O) groups is 2. The Hall–Kier alpha value is -0.980. The Morgan fingerprint density at radius 2 is 1.83 bits per heavy atom. The molecule has 4 nitrogen and oxygen atoms in total. The summed E-state index contributed by atoms with van der Waals surface area (Å²) in [7, 11) is 1.94. The minimum Gasteiger partial charge on any atom is -0.378 e. The molecule has 0 aromatic heterocycles. The monoisotopic (exact) mass is 369 g/mol. The fourth-order valence-electron chi connectivity index (χ4n) is 2.06. The van der Waals surface area contributed by atoms with Gasteiger partial charge in [-0.1, -0.05) is 12.2 Å². The first-order chi connectivity index (χ1) is 11.4. The number of carbonyl (C=O) groups excluding carboxylic acids is 2. The number of hydrogen-bond donors (Lipinski definition) is 0. The number of rotatable bonds is 8. The van der Waals surface area contributed by atoms with Crippen LogP contribution in [0.1, 0.15) is 13.8 Å². The van der Waals surface area contributed by atoms with Gasteiger partial charge in [0.05, 0.1) is 18.3 Å². The van der Waals surface area contributed by atoms with E-state index in [0.717, 1.165) is 29.6 Å². The Morgan fingerprint density at radius 1 is 1.25 bits per heavy atom. The van der Waals surface area contributed by atoms with E-state index in [2.05, 4.69) is 6.58 Å². The van der Waals surface area contributed by atoms with Gasteiger partial charge in [-0.2, -0.15) is 23.5 Å². The Balaban J connectivity index is 2.32. The summed E-state index contributed by atoms with van der Waals surface area (Å²) >= 11 is 3.78. The molecule has 6 heteroatoms. The lowest BCUT2D eigenvalue weighted by atomic mass is 10.1. The van der Waals surface area contributed by atoms with E-state index in [9.17, 15) is 9.59 Å². The topological polar surface area (TPSA) is 46.6 Å². The molecule has 0 bridgehead atoms. The highest BCUT2D eigenvalue weighted by Crippen LogP contribution is 2.20. The molecule has 0 aliphatic carbocycles. The van der Waals surface area contributed by atoms with Gasteiger partial charge in [0.15, 0.2) is 11.6 Å². The van der Waals surface area contributed by atoms with Crippen LogP contribution >= 0.6 is 23.5 Å². The minimum atomic E-state index is -0.208. The van der Waals surface area contributed by atoms with E-state index in [-0.39, 0.29) is 23.2 Å². The Morgan fingerprint density at radius 3 is 2.38 bits per heavy atom. The van der Waals surface area contributed by atoms with Gasteiger partial charge in [-0.3, -0.25) is 9.59 Å². The summed E-state index contributed by atoms with van der Waals surface area (Å²) in [6, 6.07) is 0. The molecule has 1 rings (SSSR count). The number of thioether (sulfide) groups is 2. The van der Waals surface area contributed by atoms with Crippen LogP contribution in [-0.2, 0) is 14.3 Å². The molecule has 1 fully saturated rings. The molecule has 24 heavy (non-hydrogen) atoms. The van der Waals surface area contributed by atoms with E-state index >= 15 is 0 Å². The fourth-order valence-corrected chi connectivity index (χ4v) is 4.31. The van der Waals surface area contributed by atoms with E-state index in [0.29, 0.717) is 6.61 Å². The summed E-state index contributed by atoms with van der Waals surface area (Å²) in [5, 5.41) is 0. The van der Waals surface area contributed by atoms with Gasteiger partial charge in [0.1, 0.15) is 0 Å². The van der Waals surface area contributed by atoms with Crippen molar-refractivity contribution in [3.8, 4) is 0 Å². The van der Waals surface area contributed by atoms with Crippen molar-refractivity contribution < 1.29 is 14.3 Å². The molecule has 0 atom stereocenters. The van der Waals surface area contributed by atoms with Gasteiger partial charge in [0, 0.05) is 36.6 Å². The highest BCUT2D eigenvalue weighted by atomic mass is 32.2. The molecule has 0 aromatic rings. The number of hydrogen-bond acceptors (Lipinski definition) is 6. The maximum absolute atomic E-state index is 11.3. The van der Waals surface area contributed by atoms with Crippen LogP contribution in [0.3, 0.4) is 0 Å². The number of ketones is 2. The average Bonchev–Trinajstić information content (AvgIpc) is 2.48. The summed E-state index contributed by atoms with van der Waals surface area (Å²) in [4.78, 5) is 24.6. The molecule has 1 aliphatic heterocycles. The first-order valence-electron chi connectivity index (χ1n) is 7.94. The van der Waals surface area contributed by atoms with Crippen molar-refractivity contribution in [2.45, 2.75) is 20.0 Å². The smallest absolute Gasteiger partial charge is 0.163 e. The normalized spacial score (nSPS) is 16.5. The van der Waals surface area contributed by atoms with Gasteiger partial charge >= 0.3 is 0 Å². The molecule has 1 aliphatic rings. The first-order valence-corrected chi connectivity index (χ1v) is 10.3. The lowest BCUT2D eigenvalue weighted by Gasteiger charge is -2.22. The Bertz CT molecular complexity index is 486. The molecule has 0 radical (unpaired) electrons. The molecule has 134 valence electrons. The lowest BCUT2D eigenvalue weighted by molar-refractivity contribution is -0.119. The molecule has 1 saturated heterocycles. The minimum absolute atomic E-state index is 0.208. The van der Waals surface area contributed by atoms with Crippen molar-refractivity contribution in [2.75, 3.05) is 43.2 Å². The van der Waals surface area contributed by atoms with Crippen LogP contribution < -0.4 is 0 Å². The number of likely N-dealkylation sites (N-methyl/N-ethyl adjacent to an activating group) is 1. The second-order valence-electron chi connectivity index (χ2n) is 5.79. The quantitative estimate of drug-likeness (QED) is 0.216. The van der Waals surface area contributed by atoms with Gasteiger partial charge in [0.25, 0.3) is 0 Å². The molecule has 0 unspecified atom stereocenters. The molecule has 0 amide bonds. The van der Waals surface area contributed by atoms with Crippen LogP contribution in [0.5, 0.6) is 0 Å². The van der Waals surface area contributed by atoms with E-state index in [1.165, 1.54) is 19.4 Å². The average molecular weight is 370 g/mol. The number of nitrogens with zero attached hydrogens (tertiary/aromatic N) is 1. The zero-order valence-electron chi connectivity index (χ0n) is 14.7. The maximum atomic E-state index is 11.3. The predicted octanol–water partition coefficient (Wildman–Crippen LogP) is 2.96. The fraction of sp³-hybridized carbons (Fsp3) is 0.556. The molecular weight excluding hydrogens is 342 g/mol. The zero-order valence-corrected chi connectivity index (χ0v) is 16.4. The predicted molar refractivity (Wildman–Crippen MR) is 105 cm³/mol. The summed E-state index contributed by atoms with van der Waals surface area (Å²) in [5.74, 6) is 3.65. The number of ether oxygens (including phenoxy) is 1. The van der Waals surface area contributed by atoms with Crippen LogP contribution in [-0.4, -0.2) is 65.8 Å². The van der Waals surface area contributed by atoms with Crippen molar-refractivity contribution in [3.05, 3.63) is 36.1 Å². The second-order valence-corrected chi connectivity index (χ2v) is 7.85.